The number of nitro groups is 1. The van der Waals surface area contributed by atoms with Crippen LogP contribution in [0.5, 0.6) is 0 Å². The molecule has 1 aromatic heterocycles. The minimum Gasteiger partial charge on any atom is -0.447 e. The maximum atomic E-state index is 12.8. The van der Waals surface area contributed by atoms with E-state index in [1.807, 2.05) is 9.80 Å². The molecule has 0 aliphatic carbocycles. The summed E-state index contributed by atoms with van der Waals surface area (Å²) >= 11 is 0. The molecule has 2 aromatic rings. The lowest BCUT2D eigenvalue weighted by atomic mass is 9.97. The number of likely N-dealkylation sites (tertiary alicyclic amines) is 1. The molecule has 0 N–H and O–H groups in total. The highest BCUT2D eigenvalue weighted by atomic mass is 16.6. The summed E-state index contributed by atoms with van der Waals surface area (Å²) in [6, 6.07) is 8.13. The summed E-state index contributed by atoms with van der Waals surface area (Å²) in [5, 5.41) is 15.2. The molecule has 1 aromatic carbocycles. The zero-order valence-corrected chi connectivity index (χ0v) is 18.2. The largest absolute Gasteiger partial charge is 0.447 e. The number of carbonyl (C=O) groups excluding carboxylic acids is 2. The van der Waals surface area contributed by atoms with Crippen molar-refractivity contribution in [1.29, 1.82) is 0 Å². The Morgan fingerprint density at radius 1 is 1.22 bits per heavy atom. The number of nitrogens with zero attached hydrogens (tertiary/aromatic N) is 5. The average Bonchev–Trinajstić information content (AvgIpc) is 3.40. The molecule has 10 nitrogen and oxygen atoms in total. The lowest BCUT2D eigenvalue weighted by Crippen LogP contribution is -2.51. The van der Waals surface area contributed by atoms with E-state index in [0.717, 1.165) is 18.4 Å². The lowest BCUT2D eigenvalue weighted by molar-refractivity contribution is -0.384. The van der Waals surface area contributed by atoms with Crippen LogP contribution in [0.1, 0.15) is 26.7 Å². The van der Waals surface area contributed by atoms with Crippen molar-refractivity contribution >= 4 is 17.7 Å². The molecule has 2 fully saturated rings. The Bertz CT molecular complexity index is 994. The van der Waals surface area contributed by atoms with E-state index >= 15 is 0 Å². The Morgan fingerprint density at radius 3 is 2.53 bits per heavy atom. The van der Waals surface area contributed by atoms with Crippen molar-refractivity contribution in [1.82, 2.24) is 19.6 Å². The second-order valence-electron chi connectivity index (χ2n) is 8.61. The molecular formula is C22H27N5O5. The minimum absolute atomic E-state index is 0.0219. The monoisotopic (exact) mass is 441 g/mol. The number of cyclic esters (lactones) is 1. The van der Waals surface area contributed by atoms with Crippen molar-refractivity contribution in [3.8, 4) is 11.3 Å². The predicted octanol–water partition coefficient (Wildman–Crippen LogP) is 2.93. The van der Waals surface area contributed by atoms with E-state index in [1.165, 1.54) is 12.1 Å². The lowest BCUT2D eigenvalue weighted by Gasteiger charge is -2.38. The van der Waals surface area contributed by atoms with Gasteiger partial charge in [0, 0.05) is 43.0 Å². The van der Waals surface area contributed by atoms with Gasteiger partial charge in [0.05, 0.1) is 16.7 Å². The molecular weight excluding hydrogens is 414 g/mol. The number of carbonyl (C=O) groups is 2. The van der Waals surface area contributed by atoms with Gasteiger partial charge in [0.2, 0.25) is 5.91 Å². The molecule has 0 bridgehead atoms. The zero-order chi connectivity index (χ0) is 22.8. The third-order valence-corrected chi connectivity index (χ3v) is 6.24. The summed E-state index contributed by atoms with van der Waals surface area (Å²) in [6.07, 6.45) is 2.95. The van der Waals surface area contributed by atoms with E-state index in [2.05, 4.69) is 18.9 Å². The van der Waals surface area contributed by atoms with E-state index < -0.39 is 4.92 Å². The van der Waals surface area contributed by atoms with Crippen LogP contribution < -0.4 is 0 Å². The molecule has 2 amide bonds. The molecule has 1 unspecified atom stereocenters. The number of aromatic nitrogens is 2. The van der Waals surface area contributed by atoms with Crippen LogP contribution in [-0.2, 0) is 16.1 Å². The molecule has 0 saturated carbocycles. The van der Waals surface area contributed by atoms with Gasteiger partial charge < -0.3 is 9.64 Å². The number of non-ortho nitro benzene ring substituents is 1. The fourth-order valence-electron chi connectivity index (χ4n) is 4.37. The number of benzene rings is 1. The Morgan fingerprint density at radius 2 is 1.91 bits per heavy atom. The number of ether oxygens (including phenoxy) is 1. The molecule has 0 spiro atoms. The van der Waals surface area contributed by atoms with Crippen molar-refractivity contribution < 1.29 is 19.2 Å². The topological polar surface area (TPSA) is 111 Å². The highest BCUT2D eigenvalue weighted by molar-refractivity contribution is 5.76. The van der Waals surface area contributed by atoms with Crippen molar-refractivity contribution in [3.63, 3.8) is 0 Å². The van der Waals surface area contributed by atoms with Crippen molar-refractivity contribution in [2.45, 2.75) is 45.3 Å². The van der Waals surface area contributed by atoms with Crippen LogP contribution in [0.2, 0.25) is 0 Å². The number of nitro benzene ring substituents is 1. The van der Waals surface area contributed by atoms with Crippen LogP contribution in [0.25, 0.3) is 11.3 Å². The molecule has 2 aliphatic heterocycles. The first-order chi connectivity index (χ1) is 15.3. The fourth-order valence-corrected chi connectivity index (χ4v) is 4.37. The normalized spacial score (nSPS) is 19.5. The fraction of sp³-hybridized carbons (Fsp3) is 0.500. The zero-order valence-electron chi connectivity index (χ0n) is 18.2. The van der Waals surface area contributed by atoms with Gasteiger partial charge in [-0.15, -0.1) is 0 Å². The number of hydrogen-bond donors (Lipinski definition) is 0. The molecule has 2 aliphatic rings. The second kappa shape index (κ2) is 8.97. The smallest absolute Gasteiger partial charge is 0.410 e. The summed E-state index contributed by atoms with van der Waals surface area (Å²) in [6.45, 7) is 5.92. The Kier molecular flexibility index (Phi) is 6.11. The second-order valence-corrected chi connectivity index (χ2v) is 8.61. The Labute approximate surface area is 185 Å². The highest BCUT2D eigenvalue weighted by Gasteiger charge is 2.41. The van der Waals surface area contributed by atoms with Crippen LogP contribution in [0.15, 0.2) is 36.5 Å². The summed E-state index contributed by atoms with van der Waals surface area (Å²) in [5.41, 5.74) is 1.42. The van der Waals surface area contributed by atoms with Gasteiger partial charge in [0.15, 0.2) is 0 Å². The van der Waals surface area contributed by atoms with Crippen LogP contribution in [0.4, 0.5) is 10.5 Å². The van der Waals surface area contributed by atoms with Gasteiger partial charge in [-0.25, -0.2) is 4.79 Å². The van der Waals surface area contributed by atoms with E-state index in [0.29, 0.717) is 31.3 Å². The molecule has 3 heterocycles. The van der Waals surface area contributed by atoms with Gasteiger partial charge in [-0.05, 0) is 37.0 Å². The van der Waals surface area contributed by atoms with Crippen molar-refractivity contribution in [2.24, 2.45) is 5.92 Å². The predicted molar refractivity (Wildman–Crippen MR) is 116 cm³/mol. The average molecular weight is 441 g/mol. The number of amides is 2. The number of piperidine rings is 1. The van der Waals surface area contributed by atoms with E-state index in [-0.39, 0.29) is 36.3 Å². The van der Waals surface area contributed by atoms with Crippen LogP contribution in [0.3, 0.4) is 0 Å². The standard InChI is InChI=1S/C22H27N5O5/c1-15(2)20-14-32-22(29)26(20)17-7-10-24(11-8-17)21(28)13-25-12-9-19(23-25)16-3-5-18(6-4-16)27(30)31/h3-6,9,12,15,17,20H,7-8,10-11,13-14H2,1-2H3. The molecule has 1 atom stereocenters. The van der Waals surface area contributed by atoms with Crippen LogP contribution >= 0.6 is 0 Å². The van der Waals surface area contributed by atoms with E-state index in [4.69, 9.17) is 4.74 Å². The SMILES string of the molecule is CC(C)C1COC(=O)N1C1CCN(C(=O)Cn2ccc(-c3ccc([N+](=O)[O-])cc3)n2)CC1. The van der Waals surface area contributed by atoms with Crippen LogP contribution in [0, 0.1) is 16.0 Å². The van der Waals surface area contributed by atoms with E-state index in [1.54, 1.807) is 29.1 Å². The molecule has 170 valence electrons. The summed E-state index contributed by atoms with van der Waals surface area (Å²) < 4.78 is 6.85. The van der Waals surface area contributed by atoms with Gasteiger partial charge >= 0.3 is 6.09 Å². The van der Waals surface area contributed by atoms with Gasteiger partial charge in [0.25, 0.3) is 5.69 Å². The first kappa shape index (κ1) is 21.8. The first-order valence-corrected chi connectivity index (χ1v) is 10.8. The molecule has 10 heteroatoms. The number of rotatable bonds is 6. The van der Waals surface area contributed by atoms with Crippen molar-refractivity contribution in [2.75, 3.05) is 19.7 Å². The summed E-state index contributed by atoms with van der Waals surface area (Å²) in [4.78, 5) is 39.0. The first-order valence-electron chi connectivity index (χ1n) is 10.8. The summed E-state index contributed by atoms with van der Waals surface area (Å²) in [5.74, 6) is 0.303. The minimum atomic E-state index is -0.445. The van der Waals surface area contributed by atoms with Gasteiger partial charge in [-0.3, -0.25) is 24.5 Å². The highest BCUT2D eigenvalue weighted by Crippen LogP contribution is 2.27. The number of hydrogen-bond acceptors (Lipinski definition) is 6. The third kappa shape index (κ3) is 4.44. The molecule has 4 rings (SSSR count). The maximum Gasteiger partial charge on any atom is 0.410 e. The van der Waals surface area contributed by atoms with Gasteiger partial charge in [-0.2, -0.15) is 5.10 Å². The maximum absolute atomic E-state index is 12.8. The van der Waals surface area contributed by atoms with Gasteiger partial charge in [-0.1, -0.05) is 13.8 Å². The molecule has 2 saturated heterocycles. The Balaban J connectivity index is 1.33. The van der Waals surface area contributed by atoms with Crippen molar-refractivity contribution in [3.05, 3.63) is 46.6 Å². The Hall–Kier alpha value is -3.43. The van der Waals surface area contributed by atoms with E-state index in [9.17, 15) is 19.7 Å². The molecule has 32 heavy (non-hydrogen) atoms. The molecule has 0 radical (unpaired) electrons. The summed E-state index contributed by atoms with van der Waals surface area (Å²) in [7, 11) is 0. The quantitative estimate of drug-likeness (QED) is 0.503. The van der Waals surface area contributed by atoms with Crippen LogP contribution in [-0.4, -0.2) is 68.3 Å². The van der Waals surface area contributed by atoms with Gasteiger partial charge in [0.1, 0.15) is 13.2 Å². The third-order valence-electron chi connectivity index (χ3n) is 6.24.